The summed E-state index contributed by atoms with van der Waals surface area (Å²) in [6.07, 6.45) is 0.828. The van der Waals surface area contributed by atoms with E-state index in [9.17, 15) is 9.59 Å². The fourth-order valence-electron chi connectivity index (χ4n) is 2.50. The van der Waals surface area contributed by atoms with Crippen molar-refractivity contribution >= 4 is 11.8 Å². The minimum absolute atomic E-state index is 0.0302. The highest BCUT2D eigenvalue weighted by atomic mass is 16.5. The summed E-state index contributed by atoms with van der Waals surface area (Å²) < 4.78 is 5.31. The van der Waals surface area contributed by atoms with Gasteiger partial charge in [0.05, 0.1) is 12.6 Å². The number of piperazine rings is 1. The van der Waals surface area contributed by atoms with Crippen LogP contribution < -0.4 is 5.32 Å². The molecule has 2 fully saturated rings. The molecule has 0 aliphatic carbocycles. The molecule has 5 nitrogen and oxygen atoms in total. The molecule has 17 heavy (non-hydrogen) atoms. The number of rotatable bonds is 2. The zero-order chi connectivity index (χ0) is 12.6. The quantitative estimate of drug-likeness (QED) is 0.747. The van der Waals surface area contributed by atoms with E-state index < -0.39 is 0 Å². The highest BCUT2D eigenvalue weighted by Gasteiger charge is 2.43. The van der Waals surface area contributed by atoms with Crippen LogP contribution in [0.1, 0.15) is 27.2 Å². The summed E-state index contributed by atoms with van der Waals surface area (Å²) >= 11 is 0. The Labute approximate surface area is 101 Å². The van der Waals surface area contributed by atoms with Crippen LogP contribution in [0, 0.1) is 5.92 Å². The van der Waals surface area contributed by atoms with Crippen LogP contribution >= 0.6 is 0 Å². The zero-order valence-electron chi connectivity index (χ0n) is 10.6. The number of nitrogens with one attached hydrogen (secondary N) is 1. The van der Waals surface area contributed by atoms with Gasteiger partial charge in [0.1, 0.15) is 12.1 Å². The molecule has 5 heteroatoms. The van der Waals surface area contributed by atoms with Crippen molar-refractivity contribution in [3.63, 3.8) is 0 Å². The molecule has 2 rings (SSSR count). The first-order chi connectivity index (χ1) is 8.02. The predicted molar refractivity (Wildman–Crippen MR) is 62.3 cm³/mol. The van der Waals surface area contributed by atoms with Gasteiger partial charge in [-0.15, -0.1) is 0 Å². The number of carbonyl (C=O) groups excluding carboxylic acids is 2. The topological polar surface area (TPSA) is 58.6 Å². The highest BCUT2D eigenvalue weighted by molar-refractivity contribution is 5.97. The third-order valence-electron chi connectivity index (χ3n) is 3.58. The average Bonchev–Trinajstić information content (AvgIpc) is 2.76. The Kier molecular flexibility index (Phi) is 3.38. The Bertz CT molecular complexity index is 324. The van der Waals surface area contributed by atoms with E-state index >= 15 is 0 Å². The third kappa shape index (κ3) is 2.16. The molecule has 2 aliphatic rings. The molecular weight excluding hydrogens is 220 g/mol. The first-order valence-corrected chi connectivity index (χ1v) is 6.22. The lowest BCUT2D eigenvalue weighted by atomic mass is 9.96. The highest BCUT2D eigenvalue weighted by Crippen LogP contribution is 2.22. The van der Waals surface area contributed by atoms with E-state index in [1.54, 1.807) is 11.8 Å². The van der Waals surface area contributed by atoms with Gasteiger partial charge in [0, 0.05) is 6.61 Å². The van der Waals surface area contributed by atoms with Crippen LogP contribution in [0.4, 0.5) is 0 Å². The van der Waals surface area contributed by atoms with Gasteiger partial charge in [-0.1, -0.05) is 13.8 Å². The molecule has 2 amide bonds. The Hall–Kier alpha value is -1.10. The van der Waals surface area contributed by atoms with Gasteiger partial charge in [-0.2, -0.15) is 0 Å². The molecule has 0 spiro atoms. The zero-order valence-corrected chi connectivity index (χ0v) is 10.6. The van der Waals surface area contributed by atoms with Crippen LogP contribution in [0.25, 0.3) is 0 Å². The van der Waals surface area contributed by atoms with Gasteiger partial charge in [0.15, 0.2) is 0 Å². The number of hydrogen-bond donors (Lipinski definition) is 1. The smallest absolute Gasteiger partial charge is 0.246 e. The average molecular weight is 240 g/mol. The minimum Gasteiger partial charge on any atom is -0.379 e. The van der Waals surface area contributed by atoms with E-state index in [1.165, 1.54) is 0 Å². The van der Waals surface area contributed by atoms with Gasteiger partial charge in [-0.05, 0) is 19.3 Å². The van der Waals surface area contributed by atoms with Crippen molar-refractivity contribution in [1.82, 2.24) is 10.2 Å². The second kappa shape index (κ2) is 4.64. The number of hydrogen-bond acceptors (Lipinski definition) is 3. The molecular formula is C12H20N2O3. The van der Waals surface area contributed by atoms with E-state index in [0.717, 1.165) is 6.42 Å². The van der Waals surface area contributed by atoms with E-state index in [2.05, 4.69) is 5.32 Å². The fraction of sp³-hybridized carbons (Fsp3) is 0.833. The normalized spacial score (nSPS) is 34.4. The predicted octanol–water partition coefficient (Wildman–Crippen LogP) is 0.147. The SMILES string of the molecule is CC(C)C1NC(=O)C(C)N(C2CCOC2)C1=O. The number of carbonyl (C=O) groups is 2. The Morgan fingerprint density at radius 1 is 1.41 bits per heavy atom. The van der Waals surface area contributed by atoms with Crippen LogP contribution in [-0.2, 0) is 14.3 Å². The van der Waals surface area contributed by atoms with E-state index in [1.807, 2.05) is 13.8 Å². The van der Waals surface area contributed by atoms with E-state index in [0.29, 0.717) is 13.2 Å². The standard InChI is InChI=1S/C12H20N2O3/c1-7(2)10-12(16)14(8(3)11(15)13-10)9-4-5-17-6-9/h7-10H,4-6H2,1-3H3,(H,13,15). The van der Waals surface area contributed by atoms with Gasteiger partial charge in [0.25, 0.3) is 0 Å². The van der Waals surface area contributed by atoms with Crippen molar-refractivity contribution in [2.75, 3.05) is 13.2 Å². The Morgan fingerprint density at radius 3 is 2.65 bits per heavy atom. The second-order valence-corrected chi connectivity index (χ2v) is 5.17. The van der Waals surface area contributed by atoms with Crippen molar-refractivity contribution in [2.24, 2.45) is 5.92 Å². The van der Waals surface area contributed by atoms with Gasteiger partial charge < -0.3 is 15.0 Å². The summed E-state index contributed by atoms with van der Waals surface area (Å²) in [5.74, 6) is 0.0848. The van der Waals surface area contributed by atoms with Crippen LogP contribution in [-0.4, -0.2) is 48.1 Å². The molecule has 2 aliphatic heterocycles. The molecule has 3 unspecified atom stereocenters. The Morgan fingerprint density at radius 2 is 2.12 bits per heavy atom. The van der Waals surface area contributed by atoms with Gasteiger partial charge in [0.2, 0.25) is 11.8 Å². The Balaban J connectivity index is 2.20. The lowest BCUT2D eigenvalue weighted by Gasteiger charge is -2.41. The summed E-state index contributed by atoms with van der Waals surface area (Å²) in [6.45, 7) is 6.90. The van der Waals surface area contributed by atoms with Gasteiger partial charge in [-0.3, -0.25) is 9.59 Å². The van der Waals surface area contributed by atoms with Crippen molar-refractivity contribution in [3.8, 4) is 0 Å². The summed E-state index contributed by atoms with van der Waals surface area (Å²) in [4.78, 5) is 26.0. The van der Waals surface area contributed by atoms with E-state index in [-0.39, 0.29) is 35.9 Å². The molecule has 0 saturated carbocycles. The summed E-state index contributed by atoms with van der Waals surface area (Å²) in [7, 11) is 0. The lowest BCUT2D eigenvalue weighted by Crippen LogP contribution is -2.66. The van der Waals surface area contributed by atoms with Crippen LogP contribution in [0.2, 0.25) is 0 Å². The summed E-state index contributed by atoms with van der Waals surface area (Å²) in [5.41, 5.74) is 0. The number of nitrogens with zero attached hydrogens (tertiary/aromatic N) is 1. The van der Waals surface area contributed by atoms with Gasteiger partial charge in [-0.25, -0.2) is 0 Å². The molecule has 0 aromatic heterocycles. The van der Waals surface area contributed by atoms with Gasteiger partial charge >= 0.3 is 0 Å². The van der Waals surface area contributed by atoms with Crippen LogP contribution in [0.5, 0.6) is 0 Å². The maximum atomic E-state index is 12.4. The van der Waals surface area contributed by atoms with Crippen molar-refractivity contribution in [2.45, 2.75) is 45.3 Å². The van der Waals surface area contributed by atoms with Crippen LogP contribution in [0.15, 0.2) is 0 Å². The molecule has 0 radical (unpaired) electrons. The number of amides is 2. The third-order valence-corrected chi connectivity index (χ3v) is 3.58. The summed E-state index contributed by atoms with van der Waals surface area (Å²) in [5, 5.41) is 2.80. The van der Waals surface area contributed by atoms with E-state index in [4.69, 9.17) is 4.74 Å². The number of ether oxygens (including phenoxy) is 1. The maximum Gasteiger partial charge on any atom is 0.246 e. The largest absolute Gasteiger partial charge is 0.379 e. The van der Waals surface area contributed by atoms with Crippen LogP contribution in [0.3, 0.4) is 0 Å². The van der Waals surface area contributed by atoms with Crippen molar-refractivity contribution in [1.29, 1.82) is 0 Å². The molecule has 1 N–H and O–H groups in total. The lowest BCUT2D eigenvalue weighted by molar-refractivity contribution is -0.152. The minimum atomic E-state index is -0.390. The van der Waals surface area contributed by atoms with Crippen molar-refractivity contribution in [3.05, 3.63) is 0 Å². The molecule has 0 aromatic carbocycles. The first-order valence-electron chi connectivity index (χ1n) is 6.22. The molecule has 96 valence electrons. The maximum absolute atomic E-state index is 12.4. The molecule has 2 heterocycles. The monoisotopic (exact) mass is 240 g/mol. The molecule has 0 aromatic rings. The summed E-state index contributed by atoms with van der Waals surface area (Å²) in [6, 6.07) is -0.715. The fourth-order valence-corrected chi connectivity index (χ4v) is 2.50. The first kappa shape index (κ1) is 12.4. The second-order valence-electron chi connectivity index (χ2n) is 5.17. The van der Waals surface area contributed by atoms with Crippen molar-refractivity contribution < 1.29 is 14.3 Å². The molecule has 3 atom stereocenters. The molecule has 0 bridgehead atoms. The molecule has 2 saturated heterocycles.